The van der Waals surface area contributed by atoms with Crippen LogP contribution < -0.4 is 0 Å². The van der Waals surface area contributed by atoms with Crippen molar-refractivity contribution in [2.24, 2.45) is 0 Å². The molecule has 0 bridgehead atoms. The zero-order valence-corrected chi connectivity index (χ0v) is 13.5. The summed E-state index contributed by atoms with van der Waals surface area (Å²) in [6, 6.07) is 0. The van der Waals surface area contributed by atoms with Gasteiger partial charge in [-0.25, -0.2) is 9.59 Å². The fraction of sp³-hybridized carbons (Fsp3) is 0.571. The van der Waals surface area contributed by atoms with Crippen LogP contribution >= 0.6 is 0 Å². The molecule has 0 saturated heterocycles. The van der Waals surface area contributed by atoms with Crippen molar-refractivity contribution in [1.82, 2.24) is 0 Å². The molecule has 0 aromatic carbocycles. The second kappa shape index (κ2) is 36.5. The zero-order chi connectivity index (χ0) is 19.0. The molecule has 0 rings (SSSR count). The van der Waals surface area contributed by atoms with E-state index in [4.69, 9.17) is 30.6 Å². The van der Waals surface area contributed by atoms with Crippen LogP contribution in [0, 0.1) is 0 Å². The molecule has 134 valence electrons. The average Bonchev–Trinajstić information content (AvgIpc) is 2.52. The van der Waals surface area contributed by atoms with Crippen molar-refractivity contribution in [3.05, 3.63) is 25.3 Å². The van der Waals surface area contributed by atoms with E-state index in [9.17, 15) is 9.59 Å². The standard InChI is InChI=1S/C6H14O2.2C3H4O2.2CH4O/c1-2-3-4-5-6(7)8;2*1-2-3(4)5;2*1-2/h6-8H,2-5H2,1H3;2*2H,1H2,(H,4,5);2*2H,1H3. The molecule has 6 N–H and O–H groups in total. The number of carbonyl (C=O) groups is 2. The number of unbranched alkanes of at least 4 members (excludes halogenated alkanes) is 2. The molecule has 8 nitrogen and oxygen atoms in total. The number of aliphatic carboxylic acids is 2. The predicted molar refractivity (Wildman–Crippen MR) is 84.3 cm³/mol. The zero-order valence-electron chi connectivity index (χ0n) is 13.5. The second-order valence-electron chi connectivity index (χ2n) is 3.06. The lowest BCUT2D eigenvalue weighted by Crippen LogP contribution is -2.02. The number of carboxylic acids is 2. The van der Waals surface area contributed by atoms with E-state index in [1.165, 1.54) is 0 Å². The van der Waals surface area contributed by atoms with Crippen molar-refractivity contribution < 1.29 is 40.2 Å². The largest absolute Gasteiger partial charge is 0.478 e. The lowest BCUT2D eigenvalue weighted by atomic mass is 10.2. The van der Waals surface area contributed by atoms with Crippen molar-refractivity contribution in [1.29, 1.82) is 0 Å². The number of aliphatic hydroxyl groups excluding tert-OH is 3. The van der Waals surface area contributed by atoms with E-state index >= 15 is 0 Å². The molecule has 0 amide bonds. The van der Waals surface area contributed by atoms with E-state index < -0.39 is 18.2 Å². The van der Waals surface area contributed by atoms with Crippen molar-refractivity contribution in [2.45, 2.75) is 38.9 Å². The van der Waals surface area contributed by atoms with E-state index in [1.54, 1.807) is 0 Å². The molecule has 0 aliphatic heterocycles. The summed E-state index contributed by atoms with van der Waals surface area (Å²) < 4.78 is 0. The van der Waals surface area contributed by atoms with Gasteiger partial charge in [-0.3, -0.25) is 0 Å². The maximum Gasteiger partial charge on any atom is 0.327 e. The van der Waals surface area contributed by atoms with E-state index in [2.05, 4.69) is 20.1 Å². The van der Waals surface area contributed by atoms with Gasteiger partial charge < -0.3 is 30.6 Å². The van der Waals surface area contributed by atoms with Crippen LogP contribution in [-0.2, 0) is 9.59 Å². The quantitative estimate of drug-likeness (QED) is 0.235. The molecule has 0 spiro atoms. The van der Waals surface area contributed by atoms with Crippen molar-refractivity contribution in [3.63, 3.8) is 0 Å². The molecule has 0 heterocycles. The topological polar surface area (TPSA) is 156 Å². The van der Waals surface area contributed by atoms with Gasteiger partial charge in [0, 0.05) is 26.4 Å². The van der Waals surface area contributed by atoms with E-state index in [0.717, 1.165) is 45.6 Å². The van der Waals surface area contributed by atoms with Gasteiger partial charge in [-0.2, -0.15) is 0 Å². The Morgan fingerprint density at radius 3 is 1.32 bits per heavy atom. The first-order valence-electron chi connectivity index (χ1n) is 6.28. The highest BCUT2D eigenvalue weighted by Crippen LogP contribution is 1.99. The Kier molecular flexibility index (Phi) is 53.6. The minimum absolute atomic E-state index is 0.522. The fourth-order valence-electron chi connectivity index (χ4n) is 0.577. The Morgan fingerprint density at radius 2 is 1.18 bits per heavy atom. The third-order valence-corrected chi connectivity index (χ3v) is 1.42. The summed E-state index contributed by atoms with van der Waals surface area (Å²) in [5, 5.41) is 45.9. The molecule has 0 aliphatic rings. The van der Waals surface area contributed by atoms with Gasteiger partial charge in [-0.05, 0) is 12.8 Å². The van der Waals surface area contributed by atoms with Crippen LogP contribution in [0.25, 0.3) is 0 Å². The number of rotatable bonds is 6. The summed E-state index contributed by atoms with van der Waals surface area (Å²) in [6.45, 7) is 8.01. The highest BCUT2D eigenvalue weighted by Gasteiger charge is 1.93. The molecule has 0 aromatic rings. The summed E-state index contributed by atoms with van der Waals surface area (Å²) in [7, 11) is 2.00. The maximum atomic E-state index is 9.25. The SMILES string of the molecule is C=CC(=O)O.C=CC(=O)O.CCCCCC(O)O.CO.CO. The highest BCUT2D eigenvalue weighted by atomic mass is 16.5. The maximum absolute atomic E-state index is 9.25. The van der Waals surface area contributed by atoms with Crippen LogP contribution in [0.5, 0.6) is 0 Å². The summed E-state index contributed by atoms with van der Waals surface area (Å²) in [5.74, 6) is -1.96. The molecular weight excluding hydrogens is 296 g/mol. The highest BCUT2D eigenvalue weighted by molar-refractivity contribution is 5.79. The molecule has 0 atom stereocenters. The normalized spacial score (nSPS) is 7.27. The van der Waals surface area contributed by atoms with E-state index in [1.807, 2.05) is 0 Å². The lowest BCUT2D eigenvalue weighted by Gasteiger charge is -1.99. The third-order valence-electron chi connectivity index (χ3n) is 1.42. The van der Waals surface area contributed by atoms with E-state index in [-0.39, 0.29) is 0 Å². The fourth-order valence-corrected chi connectivity index (χ4v) is 0.577. The first kappa shape index (κ1) is 32.3. The van der Waals surface area contributed by atoms with Gasteiger partial charge in [-0.1, -0.05) is 32.9 Å². The van der Waals surface area contributed by atoms with Crippen LogP contribution in [0.15, 0.2) is 25.3 Å². The molecule has 0 aliphatic carbocycles. The Morgan fingerprint density at radius 1 is 0.909 bits per heavy atom. The van der Waals surface area contributed by atoms with Gasteiger partial charge in [0.15, 0.2) is 6.29 Å². The van der Waals surface area contributed by atoms with Gasteiger partial charge in [0.25, 0.3) is 0 Å². The van der Waals surface area contributed by atoms with Crippen LogP contribution in [0.1, 0.15) is 32.6 Å². The summed E-state index contributed by atoms with van der Waals surface area (Å²) in [4.78, 5) is 18.5. The number of carboxylic acid groups (broad SMARTS) is 2. The molecule has 0 unspecified atom stereocenters. The molecular formula is C14H30O8. The average molecular weight is 326 g/mol. The summed E-state index contributed by atoms with van der Waals surface area (Å²) in [5.41, 5.74) is 0. The Labute approximate surface area is 131 Å². The monoisotopic (exact) mass is 326 g/mol. The molecule has 0 saturated carbocycles. The second-order valence-corrected chi connectivity index (χ2v) is 3.06. The van der Waals surface area contributed by atoms with Crippen molar-refractivity contribution >= 4 is 11.9 Å². The molecule has 8 heteroatoms. The van der Waals surface area contributed by atoms with Gasteiger partial charge in [0.05, 0.1) is 0 Å². The Balaban J connectivity index is -0.0000000607. The number of aliphatic hydroxyl groups is 4. The third kappa shape index (κ3) is 103. The van der Waals surface area contributed by atoms with Crippen LogP contribution in [-0.4, -0.2) is 63.1 Å². The molecule has 0 aromatic heterocycles. The van der Waals surface area contributed by atoms with Gasteiger partial charge >= 0.3 is 11.9 Å². The lowest BCUT2D eigenvalue weighted by molar-refractivity contribution is -0.132. The Bertz CT molecular complexity index is 221. The smallest absolute Gasteiger partial charge is 0.327 e. The minimum Gasteiger partial charge on any atom is -0.478 e. The first-order chi connectivity index (χ1) is 10.3. The van der Waals surface area contributed by atoms with Crippen LogP contribution in [0.4, 0.5) is 0 Å². The van der Waals surface area contributed by atoms with Crippen molar-refractivity contribution in [3.8, 4) is 0 Å². The number of hydrogen-bond acceptors (Lipinski definition) is 6. The predicted octanol–water partition coefficient (Wildman–Crippen LogP) is 0.608. The van der Waals surface area contributed by atoms with Gasteiger partial charge in [-0.15, -0.1) is 0 Å². The van der Waals surface area contributed by atoms with Crippen molar-refractivity contribution in [2.75, 3.05) is 14.2 Å². The summed E-state index contributed by atoms with van der Waals surface area (Å²) in [6.07, 6.45) is 4.24. The number of hydrogen-bond donors (Lipinski definition) is 6. The molecule has 0 fully saturated rings. The first-order valence-corrected chi connectivity index (χ1v) is 6.28. The van der Waals surface area contributed by atoms with Crippen LogP contribution in [0.3, 0.4) is 0 Å². The van der Waals surface area contributed by atoms with Gasteiger partial charge in [0.2, 0.25) is 0 Å². The summed E-state index contributed by atoms with van der Waals surface area (Å²) >= 11 is 0. The minimum atomic E-state index is -1.10. The van der Waals surface area contributed by atoms with E-state index in [0.29, 0.717) is 6.42 Å². The van der Waals surface area contributed by atoms with Crippen LogP contribution in [0.2, 0.25) is 0 Å². The van der Waals surface area contributed by atoms with Gasteiger partial charge in [0.1, 0.15) is 0 Å². The Hall–Kier alpha value is -1.74. The molecule has 0 radical (unpaired) electrons. The molecule has 22 heavy (non-hydrogen) atoms.